The van der Waals surface area contributed by atoms with E-state index in [0.29, 0.717) is 5.88 Å². The Morgan fingerprint density at radius 2 is 2.20 bits per heavy atom. The monoisotopic (exact) mass is 310 g/mol. The number of benzene rings is 1. The molecule has 0 N–H and O–H groups in total. The van der Waals surface area contributed by atoms with Crippen molar-refractivity contribution in [3.63, 3.8) is 0 Å². The van der Waals surface area contributed by atoms with Gasteiger partial charge in [-0.15, -0.1) is 22.9 Å². The van der Waals surface area contributed by atoms with Gasteiger partial charge in [-0.25, -0.2) is 4.98 Å². The summed E-state index contributed by atoms with van der Waals surface area (Å²) in [7, 11) is 4.04. The van der Waals surface area contributed by atoms with Crippen LogP contribution in [0.4, 0.5) is 5.69 Å². The third-order valence-electron chi connectivity index (χ3n) is 2.97. The molecule has 1 aromatic carbocycles. The van der Waals surface area contributed by atoms with Gasteiger partial charge in [0.2, 0.25) is 0 Å². The number of ether oxygens (including phenoxy) is 1. The van der Waals surface area contributed by atoms with Gasteiger partial charge in [0.05, 0.1) is 11.6 Å². The van der Waals surface area contributed by atoms with E-state index in [4.69, 9.17) is 16.3 Å². The Morgan fingerprint density at radius 1 is 1.40 bits per heavy atom. The van der Waals surface area contributed by atoms with Crippen molar-refractivity contribution < 1.29 is 4.74 Å². The van der Waals surface area contributed by atoms with Crippen LogP contribution in [0, 0.1) is 0 Å². The molecule has 5 heteroatoms. The summed E-state index contributed by atoms with van der Waals surface area (Å²) < 4.78 is 6.08. The first-order valence-electron chi connectivity index (χ1n) is 6.58. The Bertz CT molecular complexity index is 556. The van der Waals surface area contributed by atoms with Crippen molar-refractivity contribution in [3.05, 3.63) is 40.3 Å². The van der Waals surface area contributed by atoms with E-state index in [2.05, 4.69) is 22.9 Å². The Balaban J connectivity index is 2.15. The molecule has 0 saturated heterocycles. The van der Waals surface area contributed by atoms with Crippen molar-refractivity contribution in [2.45, 2.75) is 25.3 Å². The number of aromatic nitrogens is 1. The zero-order valence-electron chi connectivity index (χ0n) is 12.0. The molecule has 0 saturated carbocycles. The molecule has 1 unspecified atom stereocenters. The van der Waals surface area contributed by atoms with Crippen molar-refractivity contribution >= 4 is 28.6 Å². The van der Waals surface area contributed by atoms with Crippen LogP contribution in [0.5, 0.6) is 5.75 Å². The van der Waals surface area contributed by atoms with Crippen LogP contribution in [0.15, 0.2) is 29.6 Å². The van der Waals surface area contributed by atoms with E-state index in [9.17, 15) is 0 Å². The highest BCUT2D eigenvalue weighted by Gasteiger charge is 2.15. The van der Waals surface area contributed by atoms with Crippen LogP contribution in [0.2, 0.25) is 0 Å². The molecule has 2 aromatic rings. The lowest BCUT2D eigenvalue weighted by Gasteiger charge is -2.18. The van der Waals surface area contributed by atoms with Gasteiger partial charge >= 0.3 is 0 Å². The highest BCUT2D eigenvalue weighted by molar-refractivity contribution is 7.09. The van der Waals surface area contributed by atoms with Gasteiger partial charge in [-0.3, -0.25) is 0 Å². The summed E-state index contributed by atoms with van der Waals surface area (Å²) in [6.07, 6.45) is 0.857. The molecule has 108 valence electrons. The van der Waals surface area contributed by atoms with Gasteiger partial charge in [-0.2, -0.15) is 0 Å². The molecule has 0 aliphatic heterocycles. The maximum absolute atomic E-state index is 6.08. The number of alkyl halides is 1. The second-order valence-electron chi connectivity index (χ2n) is 4.72. The summed E-state index contributed by atoms with van der Waals surface area (Å²) in [5, 5.41) is 2.98. The third kappa shape index (κ3) is 3.64. The minimum absolute atomic E-state index is 0.0191. The number of rotatable bonds is 6. The summed E-state index contributed by atoms with van der Waals surface area (Å²) in [4.78, 5) is 6.56. The minimum Gasteiger partial charge on any atom is -0.483 e. The summed E-state index contributed by atoms with van der Waals surface area (Å²) in [5.41, 5.74) is 2.04. The largest absolute Gasteiger partial charge is 0.483 e. The van der Waals surface area contributed by atoms with Gasteiger partial charge < -0.3 is 9.64 Å². The fraction of sp³-hybridized carbons (Fsp3) is 0.400. The van der Waals surface area contributed by atoms with Crippen LogP contribution in [0.1, 0.15) is 30.2 Å². The standard InChI is InChI=1S/C15H19ClN2OS/c1-4-14(15-17-11(9-16)10-20-15)19-13-7-5-6-12(8-13)18(2)3/h5-8,10,14H,4,9H2,1-3H3. The lowest BCUT2D eigenvalue weighted by atomic mass is 10.2. The predicted octanol–water partition coefficient (Wildman–Crippen LogP) is 4.48. The molecule has 3 nitrogen and oxygen atoms in total. The Hall–Kier alpha value is -1.26. The maximum atomic E-state index is 6.08. The minimum atomic E-state index is -0.0191. The van der Waals surface area contributed by atoms with Crippen LogP contribution >= 0.6 is 22.9 Å². The molecular formula is C15H19ClN2OS. The molecule has 0 spiro atoms. The van der Waals surface area contributed by atoms with Crippen molar-refractivity contribution in [2.24, 2.45) is 0 Å². The number of hydrogen-bond acceptors (Lipinski definition) is 4. The Morgan fingerprint density at radius 3 is 2.80 bits per heavy atom. The van der Waals surface area contributed by atoms with Gasteiger partial charge in [0.15, 0.2) is 0 Å². The van der Waals surface area contributed by atoms with Gasteiger partial charge in [-0.05, 0) is 18.6 Å². The lowest BCUT2D eigenvalue weighted by molar-refractivity contribution is 0.201. The van der Waals surface area contributed by atoms with Crippen LogP contribution in [-0.2, 0) is 5.88 Å². The normalized spacial score (nSPS) is 12.2. The number of thiazole rings is 1. The SMILES string of the molecule is CCC(Oc1cccc(N(C)C)c1)c1nc(CCl)cs1. The predicted molar refractivity (Wildman–Crippen MR) is 86.1 cm³/mol. The van der Waals surface area contributed by atoms with E-state index in [1.807, 2.05) is 37.7 Å². The van der Waals surface area contributed by atoms with Gasteiger partial charge in [0.25, 0.3) is 0 Å². The molecule has 1 atom stereocenters. The van der Waals surface area contributed by atoms with Gasteiger partial charge in [0, 0.05) is 31.2 Å². The van der Waals surface area contributed by atoms with Crippen LogP contribution in [0.3, 0.4) is 0 Å². The van der Waals surface area contributed by atoms with E-state index in [1.165, 1.54) is 0 Å². The fourth-order valence-electron chi connectivity index (χ4n) is 1.84. The van der Waals surface area contributed by atoms with E-state index >= 15 is 0 Å². The molecule has 0 radical (unpaired) electrons. The Kier molecular flexibility index (Phi) is 5.26. The maximum Gasteiger partial charge on any atom is 0.150 e. The first-order chi connectivity index (χ1) is 9.63. The molecule has 0 aliphatic carbocycles. The van der Waals surface area contributed by atoms with Crippen LogP contribution in [0.25, 0.3) is 0 Å². The van der Waals surface area contributed by atoms with Crippen LogP contribution < -0.4 is 9.64 Å². The molecule has 0 aliphatic rings. The average Bonchev–Trinajstić information content (AvgIpc) is 2.93. The van der Waals surface area contributed by atoms with Gasteiger partial charge in [0.1, 0.15) is 16.9 Å². The van der Waals surface area contributed by atoms with Crippen molar-refractivity contribution in [1.82, 2.24) is 4.98 Å². The number of halogens is 1. The van der Waals surface area contributed by atoms with E-state index < -0.39 is 0 Å². The number of anilines is 1. The van der Waals surface area contributed by atoms with Crippen molar-refractivity contribution in [1.29, 1.82) is 0 Å². The molecule has 0 amide bonds. The molecule has 0 bridgehead atoms. The molecular weight excluding hydrogens is 292 g/mol. The van der Waals surface area contributed by atoms with Crippen LogP contribution in [-0.4, -0.2) is 19.1 Å². The van der Waals surface area contributed by atoms with E-state index in [0.717, 1.165) is 28.6 Å². The highest BCUT2D eigenvalue weighted by Crippen LogP contribution is 2.29. The summed E-state index contributed by atoms with van der Waals surface area (Å²) in [6, 6.07) is 8.08. The summed E-state index contributed by atoms with van der Waals surface area (Å²) >= 11 is 7.41. The lowest BCUT2D eigenvalue weighted by Crippen LogP contribution is -2.10. The zero-order valence-corrected chi connectivity index (χ0v) is 13.5. The summed E-state index contributed by atoms with van der Waals surface area (Å²) in [6.45, 7) is 2.10. The smallest absolute Gasteiger partial charge is 0.150 e. The second-order valence-corrected chi connectivity index (χ2v) is 5.87. The zero-order chi connectivity index (χ0) is 14.5. The quantitative estimate of drug-likeness (QED) is 0.736. The average molecular weight is 311 g/mol. The molecule has 1 aromatic heterocycles. The molecule has 1 heterocycles. The number of nitrogens with zero attached hydrogens (tertiary/aromatic N) is 2. The molecule has 20 heavy (non-hydrogen) atoms. The van der Waals surface area contributed by atoms with E-state index in [1.54, 1.807) is 11.3 Å². The topological polar surface area (TPSA) is 25.4 Å². The first kappa shape index (κ1) is 15.1. The van der Waals surface area contributed by atoms with Crippen molar-refractivity contribution in [2.75, 3.05) is 19.0 Å². The highest BCUT2D eigenvalue weighted by atomic mass is 35.5. The molecule has 0 fully saturated rings. The fourth-order valence-corrected chi connectivity index (χ4v) is 3.00. The third-order valence-corrected chi connectivity index (χ3v) is 4.22. The summed E-state index contributed by atoms with van der Waals surface area (Å²) in [5.74, 6) is 1.31. The van der Waals surface area contributed by atoms with Crippen molar-refractivity contribution in [3.8, 4) is 5.75 Å². The first-order valence-corrected chi connectivity index (χ1v) is 7.99. The molecule has 2 rings (SSSR count). The Labute approximate surface area is 129 Å². The van der Waals surface area contributed by atoms with E-state index in [-0.39, 0.29) is 6.10 Å². The number of hydrogen-bond donors (Lipinski definition) is 0. The second kappa shape index (κ2) is 6.95. The van der Waals surface area contributed by atoms with Gasteiger partial charge in [-0.1, -0.05) is 13.0 Å².